The van der Waals surface area contributed by atoms with Gasteiger partial charge >= 0.3 is 0 Å². The van der Waals surface area contributed by atoms with E-state index in [2.05, 4.69) is 34.2 Å². The van der Waals surface area contributed by atoms with Crippen molar-refractivity contribution in [3.8, 4) is 11.3 Å². The van der Waals surface area contributed by atoms with Crippen molar-refractivity contribution in [2.45, 2.75) is 19.8 Å². The van der Waals surface area contributed by atoms with Crippen LogP contribution in [-0.4, -0.2) is 45.4 Å². The van der Waals surface area contributed by atoms with Gasteiger partial charge < -0.3 is 15.0 Å². The van der Waals surface area contributed by atoms with Crippen LogP contribution in [0.2, 0.25) is 0 Å². The normalized spacial score (nSPS) is 14.3. The lowest BCUT2D eigenvalue weighted by Crippen LogP contribution is -2.41. The van der Waals surface area contributed by atoms with E-state index in [0.717, 1.165) is 28.0 Å². The van der Waals surface area contributed by atoms with E-state index < -0.39 is 5.82 Å². The quantitative estimate of drug-likeness (QED) is 0.475. The standard InChI is InChI=1S/C25H25FN6O2/c1-15(2)24-19-12-16(4-9-21(19)30-31(24)3)23-20(26)13-27-25(29-23)28-17-5-7-18(8-6-17)32-10-11-34-14-22(32)33/h4-9,12-13,15H,10-11,14H2,1-3H3,(H,27,28,29). The Balaban J connectivity index is 1.42. The summed E-state index contributed by atoms with van der Waals surface area (Å²) in [5.74, 6) is -0.0128. The molecular weight excluding hydrogens is 435 g/mol. The number of rotatable bonds is 5. The van der Waals surface area contributed by atoms with Gasteiger partial charge in [0.05, 0.1) is 18.3 Å². The second-order valence-corrected chi connectivity index (χ2v) is 8.56. The first kappa shape index (κ1) is 22.0. The van der Waals surface area contributed by atoms with Crippen LogP contribution in [0.5, 0.6) is 0 Å². The molecule has 5 rings (SSSR count). The maximum Gasteiger partial charge on any atom is 0.253 e. The number of fused-ring (bicyclic) bond motifs is 1. The smallest absolute Gasteiger partial charge is 0.253 e. The van der Waals surface area contributed by atoms with Gasteiger partial charge in [-0.15, -0.1) is 0 Å². The fourth-order valence-corrected chi connectivity index (χ4v) is 4.32. The van der Waals surface area contributed by atoms with Crippen molar-refractivity contribution >= 4 is 34.1 Å². The molecule has 0 aliphatic carbocycles. The number of ether oxygens (including phenoxy) is 1. The first-order valence-corrected chi connectivity index (χ1v) is 11.2. The number of carbonyl (C=O) groups is 1. The molecule has 0 atom stereocenters. The van der Waals surface area contributed by atoms with Crippen molar-refractivity contribution in [2.75, 3.05) is 30.0 Å². The molecule has 8 nitrogen and oxygen atoms in total. The summed E-state index contributed by atoms with van der Waals surface area (Å²) >= 11 is 0. The van der Waals surface area contributed by atoms with Crippen molar-refractivity contribution < 1.29 is 13.9 Å². The molecule has 2 aromatic heterocycles. The molecule has 4 aromatic rings. The third kappa shape index (κ3) is 4.10. The van der Waals surface area contributed by atoms with Crippen molar-refractivity contribution in [1.29, 1.82) is 0 Å². The summed E-state index contributed by atoms with van der Waals surface area (Å²) in [6, 6.07) is 13.0. The number of nitrogens with zero attached hydrogens (tertiary/aromatic N) is 5. The lowest BCUT2D eigenvalue weighted by Gasteiger charge is -2.26. The molecule has 1 N–H and O–H groups in total. The van der Waals surface area contributed by atoms with Crippen LogP contribution in [0.3, 0.4) is 0 Å². The Hall–Kier alpha value is -3.85. The lowest BCUT2D eigenvalue weighted by atomic mass is 10.0. The third-order valence-electron chi connectivity index (χ3n) is 5.86. The second-order valence-electron chi connectivity index (χ2n) is 8.56. The summed E-state index contributed by atoms with van der Waals surface area (Å²) in [4.78, 5) is 22.3. The summed E-state index contributed by atoms with van der Waals surface area (Å²) in [6.45, 7) is 5.35. The molecule has 1 amide bonds. The van der Waals surface area contributed by atoms with Gasteiger partial charge in [0, 0.05) is 41.6 Å². The Morgan fingerprint density at radius 2 is 1.94 bits per heavy atom. The first-order valence-electron chi connectivity index (χ1n) is 11.2. The fourth-order valence-electron chi connectivity index (χ4n) is 4.32. The zero-order chi connectivity index (χ0) is 23.8. The van der Waals surface area contributed by atoms with E-state index in [4.69, 9.17) is 4.74 Å². The Labute approximate surface area is 196 Å². The number of benzene rings is 2. The van der Waals surface area contributed by atoms with E-state index in [1.54, 1.807) is 4.90 Å². The Kier molecular flexibility index (Phi) is 5.70. The van der Waals surface area contributed by atoms with Crippen molar-refractivity contribution in [1.82, 2.24) is 19.7 Å². The molecule has 1 fully saturated rings. The molecule has 0 radical (unpaired) electrons. The second kappa shape index (κ2) is 8.83. The minimum atomic E-state index is -0.499. The fraction of sp³-hybridized carbons (Fsp3) is 0.280. The minimum absolute atomic E-state index is 0.0651. The molecule has 0 unspecified atom stereocenters. The van der Waals surface area contributed by atoms with E-state index in [0.29, 0.717) is 18.7 Å². The van der Waals surface area contributed by atoms with Gasteiger partial charge in [-0.25, -0.2) is 14.4 Å². The zero-order valence-corrected chi connectivity index (χ0v) is 19.2. The van der Waals surface area contributed by atoms with Gasteiger partial charge in [0.2, 0.25) is 5.95 Å². The van der Waals surface area contributed by atoms with Crippen molar-refractivity contribution in [3.63, 3.8) is 0 Å². The molecule has 3 heterocycles. The zero-order valence-electron chi connectivity index (χ0n) is 19.2. The number of aromatic nitrogens is 4. The highest BCUT2D eigenvalue weighted by Crippen LogP contribution is 2.30. The number of aryl methyl sites for hydroxylation is 1. The van der Waals surface area contributed by atoms with E-state index in [1.807, 2.05) is 54.2 Å². The molecule has 34 heavy (non-hydrogen) atoms. The summed E-state index contributed by atoms with van der Waals surface area (Å²) in [5, 5.41) is 8.66. The largest absolute Gasteiger partial charge is 0.370 e. The van der Waals surface area contributed by atoms with E-state index >= 15 is 0 Å². The maximum atomic E-state index is 14.7. The first-order chi connectivity index (χ1) is 16.4. The molecule has 0 saturated carbocycles. The highest BCUT2D eigenvalue weighted by Gasteiger charge is 2.20. The van der Waals surface area contributed by atoms with Crippen LogP contribution in [0, 0.1) is 5.82 Å². The van der Waals surface area contributed by atoms with Gasteiger partial charge in [0.15, 0.2) is 5.82 Å². The average Bonchev–Trinajstić information content (AvgIpc) is 3.16. The summed E-state index contributed by atoms with van der Waals surface area (Å²) in [5.41, 5.74) is 4.35. The van der Waals surface area contributed by atoms with Crippen LogP contribution >= 0.6 is 0 Å². The Morgan fingerprint density at radius 1 is 1.15 bits per heavy atom. The topological polar surface area (TPSA) is 85.2 Å². The summed E-state index contributed by atoms with van der Waals surface area (Å²) in [6.07, 6.45) is 1.17. The van der Waals surface area contributed by atoms with Gasteiger partial charge in [-0.05, 0) is 42.3 Å². The van der Waals surface area contributed by atoms with Crippen LogP contribution < -0.4 is 10.2 Å². The number of halogens is 1. The minimum Gasteiger partial charge on any atom is -0.370 e. The molecule has 1 aliphatic rings. The Bertz CT molecular complexity index is 1370. The molecule has 1 saturated heterocycles. The number of amides is 1. The maximum absolute atomic E-state index is 14.7. The number of carbonyl (C=O) groups excluding carboxylic acids is 1. The van der Waals surface area contributed by atoms with E-state index in [9.17, 15) is 9.18 Å². The van der Waals surface area contributed by atoms with Crippen LogP contribution in [0.1, 0.15) is 25.5 Å². The molecule has 0 bridgehead atoms. The number of anilines is 3. The highest BCUT2D eigenvalue weighted by atomic mass is 19.1. The SMILES string of the molecule is CC(C)c1c2cc(-c3nc(Nc4ccc(N5CCOCC5=O)cc4)ncc3F)ccc2nn1C. The van der Waals surface area contributed by atoms with Crippen LogP contribution in [0.15, 0.2) is 48.7 Å². The van der Waals surface area contributed by atoms with Crippen LogP contribution in [-0.2, 0) is 16.6 Å². The number of nitrogens with one attached hydrogen (secondary N) is 1. The highest BCUT2D eigenvalue weighted by molar-refractivity contribution is 5.95. The van der Waals surface area contributed by atoms with Crippen molar-refractivity contribution in [3.05, 3.63) is 60.2 Å². The number of hydrogen-bond donors (Lipinski definition) is 1. The van der Waals surface area contributed by atoms with E-state index in [1.165, 1.54) is 6.20 Å². The molecule has 0 spiro atoms. The average molecular weight is 461 g/mol. The lowest BCUT2D eigenvalue weighted by molar-refractivity contribution is -0.125. The molecule has 174 valence electrons. The predicted molar refractivity (Wildman–Crippen MR) is 129 cm³/mol. The Morgan fingerprint density at radius 3 is 2.68 bits per heavy atom. The van der Waals surface area contributed by atoms with E-state index in [-0.39, 0.29) is 30.1 Å². The van der Waals surface area contributed by atoms with Gasteiger partial charge in [-0.3, -0.25) is 9.48 Å². The predicted octanol–water partition coefficient (Wildman–Crippen LogP) is 4.40. The van der Waals surface area contributed by atoms with Gasteiger partial charge in [0.1, 0.15) is 12.3 Å². The number of hydrogen-bond acceptors (Lipinski definition) is 6. The summed E-state index contributed by atoms with van der Waals surface area (Å²) < 4.78 is 21.8. The molecule has 9 heteroatoms. The summed E-state index contributed by atoms with van der Waals surface area (Å²) in [7, 11) is 1.92. The molecule has 2 aromatic carbocycles. The van der Waals surface area contributed by atoms with Gasteiger partial charge in [0.25, 0.3) is 5.91 Å². The number of morpholine rings is 1. The van der Waals surface area contributed by atoms with Gasteiger partial charge in [-0.1, -0.05) is 19.9 Å². The van der Waals surface area contributed by atoms with Gasteiger partial charge in [-0.2, -0.15) is 5.10 Å². The van der Waals surface area contributed by atoms with Crippen LogP contribution in [0.4, 0.5) is 21.7 Å². The third-order valence-corrected chi connectivity index (χ3v) is 5.86. The monoisotopic (exact) mass is 460 g/mol. The van der Waals surface area contributed by atoms with Crippen LogP contribution in [0.25, 0.3) is 22.2 Å². The molecule has 1 aliphatic heterocycles. The molecular formula is C25H25FN6O2. The van der Waals surface area contributed by atoms with Crippen molar-refractivity contribution in [2.24, 2.45) is 7.05 Å².